The van der Waals surface area contributed by atoms with E-state index in [0.717, 1.165) is 33.9 Å². The van der Waals surface area contributed by atoms with Crippen molar-refractivity contribution >= 4 is 17.4 Å². The standard InChI is InChI=1S/C25H22N4O2S/c1-2-32-25-27-24-22(28-29-25)20-10-6-7-11-21(20)26-23(31-24)18-12-14-19(15-13-18)30-16-17-8-4-3-5-9-17/h3-15,23,26H,2,16H2,1H3/t23-/m1/s1. The minimum Gasteiger partial charge on any atom is -0.489 e. The lowest BCUT2D eigenvalue weighted by Gasteiger charge is -2.19. The molecule has 7 heteroatoms. The third-order valence-corrected chi connectivity index (χ3v) is 5.76. The molecule has 3 aromatic carbocycles. The average molecular weight is 443 g/mol. The summed E-state index contributed by atoms with van der Waals surface area (Å²) in [6, 6.07) is 26.0. The molecule has 0 bridgehead atoms. The van der Waals surface area contributed by atoms with Gasteiger partial charge in [-0.05, 0) is 41.6 Å². The van der Waals surface area contributed by atoms with Gasteiger partial charge in [0.05, 0.1) is 0 Å². The molecule has 0 spiro atoms. The molecule has 0 saturated carbocycles. The number of anilines is 1. The molecule has 32 heavy (non-hydrogen) atoms. The minimum absolute atomic E-state index is 0.420. The summed E-state index contributed by atoms with van der Waals surface area (Å²) in [6.45, 7) is 2.58. The fourth-order valence-corrected chi connectivity index (χ4v) is 3.97. The second kappa shape index (κ2) is 9.28. The van der Waals surface area contributed by atoms with Crippen LogP contribution in [-0.4, -0.2) is 20.9 Å². The van der Waals surface area contributed by atoms with Gasteiger partial charge in [-0.3, -0.25) is 0 Å². The molecule has 0 amide bonds. The van der Waals surface area contributed by atoms with Crippen LogP contribution in [0.3, 0.4) is 0 Å². The maximum atomic E-state index is 6.30. The van der Waals surface area contributed by atoms with Gasteiger partial charge in [0.25, 0.3) is 0 Å². The Balaban J connectivity index is 1.40. The van der Waals surface area contributed by atoms with Crippen LogP contribution in [0.5, 0.6) is 11.6 Å². The highest BCUT2D eigenvalue weighted by atomic mass is 32.2. The maximum Gasteiger partial charge on any atom is 0.247 e. The summed E-state index contributed by atoms with van der Waals surface area (Å²) < 4.78 is 12.2. The second-order valence-corrected chi connectivity index (χ2v) is 8.44. The SMILES string of the molecule is CCSc1nnc2c(n1)O[C@H](c1ccc(OCc3ccccc3)cc1)Nc1ccccc1-2. The van der Waals surface area contributed by atoms with Gasteiger partial charge in [-0.1, -0.05) is 67.2 Å². The molecule has 5 rings (SSSR count). The fourth-order valence-electron chi connectivity index (χ4n) is 3.47. The predicted molar refractivity (Wildman–Crippen MR) is 126 cm³/mol. The smallest absolute Gasteiger partial charge is 0.247 e. The molecular formula is C25H22N4O2S. The molecule has 160 valence electrons. The number of nitrogens with zero attached hydrogens (tertiary/aromatic N) is 3. The Morgan fingerprint density at radius 3 is 2.53 bits per heavy atom. The van der Waals surface area contributed by atoms with E-state index in [2.05, 4.69) is 27.4 Å². The molecule has 0 radical (unpaired) electrons. The van der Waals surface area contributed by atoms with E-state index in [1.165, 1.54) is 11.8 Å². The highest BCUT2D eigenvalue weighted by Crippen LogP contribution is 2.39. The molecule has 0 fully saturated rings. The number of thioether (sulfide) groups is 1. The molecule has 0 aliphatic carbocycles. The van der Waals surface area contributed by atoms with Gasteiger partial charge in [0, 0.05) is 16.8 Å². The van der Waals surface area contributed by atoms with Gasteiger partial charge in [0.2, 0.25) is 11.0 Å². The molecule has 1 aromatic heterocycles. The number of nitrogens with one attached hydrogen (secondary N) is 1. The second-order valence-electron chi connectivity index (χ2n) is 7.21. The molecule has 1 atom stereocenters. The van der Waals surface area contributed by atoms with Gasteiger partial charge in [-0.2, -0.15) is 4.98 Å². The van der Waals surface area contributed by atoms with E-state index < -0.39 is 6.23 Å². The Morgan fingerprint density at radius 2 is 1.72 bits per heavy atom. The number of rotatable bonds is 6. The lowest BCUT2D eigenvalue weighted by molar-refractivity contribution is 0.225. The highest BCUT2D eigenvalue weighted by Gasteiger charge is 2.26. The van der Waals surface area contributed by atoms with Crippen molar-refractivity contribution < 1.29 is 9.47 Å². The molecule has 0 unspecified atom stereocenters. The number of para-hydroxylation sites is 1. The number of hydrogen-bond acceptors (Lipinski definition) is 7. The Kier molecular flexibility index (Phi) is 5.89. The van der Waals surface area contributed by atoms with Crippen LogP contribution < -0.4 is 14.8 Å². The van der Waals surface area contributed by atoms with Gasteiger partial charge in [0.15, 0.2) is 11.9 Å². The van der Waals surface area contributed by atoms with Crippen LogP contribution in [0.15, 0.2) is 84.0 Å². The summed E-state index contributed by atoms with van der Waals surface area (Å²) in [5, 5.41) is 12.8. The zero-order valence-corrected chi connectivity index (χ0v) is 18.4. The van der Waals surface area contributed by atoms with E-state index in [1.807, 2.05) is 78.9 Å². The van der Waals surface area contributed by atoms with Crippen molar-refractivity contribution in [2.75, 3.05) is 11.1 Å². The van der Waals surface area contributed by atoms with Crippen LogP contribution >= 0.6 is 11.8 Å². The summed E-state index contributed by atoms with van der Waals surface area (Å²) >= 11 is 1.54. The van der Waals surface area contributed by atoms with Crippen molar-refractivity contribution in [3.8, 4) is 22.9 Å². The zero-order chi connectivity index (χ0) is 21.8. The summed E-state index contributed by atoms with van der Waals surface area (Å²) in [4.78, 5) is 4.62. The minimum atomic E-state index is -0.420. The van der Waals surface area contributed by atoms with Crippen LogP contribution in [-0.2, 0) is 6.61 Å². The van der Waals surface area contributed by atoms with Crippen molar-refractivity contribution in [2.45, 2.75) is 24.9 Å². The third-order valence-electron chi connectivity index (χ3n) is 5.04. The van der Waals surface area contributed by atoms with Gasteiger partial charge >= 0.3 is 0 Å². The normalized spacial score (nSPS) is 14.3. The lowest BCUT2D eigenvalue weighted by atomic mass is 10.1. The van der Waals surface area contributed by atoms with Crippen molar-refractivity contribution in [3.63, 3.8) is 0 Å². The van der Waals surface area contributed by atoms with Crippen LogP contribution in [0.25, 0.3) is 11.3 Å². The summed E-state index contributed by atoms with van der Waals surface area (Å²) in [6.07, 6.45) is -0.420. The largest absolute Gasteiger partial charge is 0.489 e. The molecule has 1 aliphatic rings. The molecule has 1 N–H and O–H groups in total. The first-order chi connectivity index (χ1) is 15.8. The van der Waals surface area contributed by atoms with Crippen LogP contribution in [0.4, 0.5) is 5.69 Å². The lowest BCUT2D eigenvalue weighted by Crippen LogP contribution is -2.17. The van der Waals surface area contributed by atoms with Crippen LogP contribution in [0, 0.1) is 0 Å². The summed E-state index contributed by atoms with van der Waals surface area (Å²) in [7, 11) is 0. The Hall–Kier alpha value is -3.58. The van der Waals surface area contributed by atoms with E-state index in [1.54, 1.807) is 0 Å². The molecule has 0 saturated heterocycles. The molecular weight excluding hydrogens is 420 g/mol. The van der Waals surface area contributed by atoms with E-state index >= 15 is 0 Å². The van der Waals surface area contributed by atoms with Crippen molar-refractivity contribution in [1.29, 1.82) is 0 Å². The van der Waals surface area contributed by atoms with Gasteiger partial charge in [-0.25, -0.2) is 0 Å². The zero-order valence-electron chi connectivity index (χ0n) is 17.6. The number of fused-ring (bicyclic) bond motifs is 3. The average Bonchev–Trinajstić information content (AvgIpc) is 3.00. The predicted octanol–water partition coefficient (Wildman–Crippen LogP) is 5.73. The number of ether oxygens (including phenoxy) is 2. The first-order valence-electron chi connectivity index (χ1n) is 10.5. The number of aromatic nitrogens is 3. The first-order valence-corrected chi connectivity index (χ1v) is 11.5. The van der Waals surface area contributed by atoms with E-state index in [-0.39, 0.29) is 0 Å². The third kappa shape index (κ3) is 4.38. The number of benzene rings is 3. The number of hydrogen-bond donors (Lipinski definition) is 1. The van der Waals surface area contributed by atoms with Gasteiger partial charge in [0.1, 0.15) is 12.4 Å². The maximum absolute atomic E-state index is 6.30. The van der Waals surface area contributed by atoms with E-state index in [4.69, 9.17) is 9.47 Å². The Bertz CT molecular complexity index is 1200. The van der Waals surface area contributed by atoms with Crippen molar-refractivity contribution in [1.82, 2.24) is 15.2 Å². The van der Waals surface area contributed by atoms with Gasteiger partial charge < -0.3 is 14.8 Å². The topological polar surface area (TPSA) is 69.2 Å². The van der Waals surface area contributed by atoms with Gasteiger partial charge in [-0.15, -0.1) is 10.2 Å². The Labute approximate surface area is 191 Å². The van der Waals surface area contributed by atoms with Crippen LogP contribution in [0.1, 0.15) is 24.3 Å². The van der Waals surface area contributed by atoms with Crippen molar-refractivity contribution in [3.05, 3.63) is 90.0 Å². The first kappa shape index (κ1) is 20.3. The van der Waals surface area contributed by atoms with Crippen molar-refractivity contribution in [2.24, 2.45) is 0 Å². The quantitative estimate of drug-likeness (QED) is 0.382. The van der Waals surface area contributed by atoms with Crippen LogP contribution in [0.2, 0.25) is 0 Å². The van der Waals surface area contributed by atoms with E-state index in [0.29, 0.717) is 23.3 Å². The fraction of sp³-hybridized carbons (Fsp3) is 0.160. The molecule has 1 aliphatic heterocycles. The Morgan fingerprint density at radius 1 is 0.938 bits per heavy atom. The molecule has 4 aromatic rings. The summed E-state index contributed by atoms with van der Waals surface area (Å²) in [5.74, 6) is 2.14. The molecule has 2 heterocycles. The van der Waals surface area contributed by atoms with E-state index in [9.17, 15) is 0 Å². The molecule has 6 nitrogen and oxygen atoms in total. The highest BCUT2D eigenvalue weighted by molar-refractivity contribution is 7.99. The monoisotopic (exact) mass is 442 g/mol. The summed E-state index contributed by atoms with van der Waals surface area (Å²) in [5.41, 5.74) is 4.57.